The number of pyridine rings is 1. The first-order valence-electron chi connectivity index (χ1n) is 6.29. The smallest absolute Gasteiger partial charge is 0.191 e. The largest absolute Gasteiger partial charge is 0.396 e. The van der Waals surface area contributed by atoms with Crippen molar-refractivity contribution >= 4 is 11.8 Å². The molecule has 0 aromatic carbocycles. The van der Waals surface area contributed by atoms with Crippen LogP contribution in [0.25, 0.3) is 11.4 Å². The van der Waals surface area contributed by atoms with Gasteiger partial charge in [-0.25, -0.2) is 0 Å². The van der Waals surface area contributed by atoms with Crippen molar-refractivity contribution in [3.63, 3.8) is 0 Å². The van der Waals surface area contributed by atoms with Gasteiger partial charge in [-0.05, 0) is 25.0 Å². The Balaban J connectivity index is 2.10. The lowest BCUT2D eigenvalue weighted by atomic mass is 10.3. The molecule has 2 heterocycles. The van der Waals surface area contributed by atoms with Gasteiger partial charge in [0.2, 0.25) is 0 Å². The normalized spacial score (nSPS) is 12.6. The Morgan fingerprint density at radius 3 is 2.95 bits per heavy atom. The number of hydrogen-bond acceptors (Lipinski definition) is 5. The van der Waals surface area contributed by atoms with Crippen LogP contribution in [0, 0.1) is 0 Å². The standard InChI is InChI=1S/C13H18N4OS/c1-10(5-4-8-18)19-13-16-15-12(17(13)2)11-6-3-7-14-9-11/h3,6-7,9-10,18H,4-5,8H2,1-2H3. The SMILES string of the molecule is CC(CCCO)Sc1nnc(-c2cccnc2)n1C. The number of rotatable bonds is 6. The van der Waals surface area contributed by atoms with Gasteiger partial charge in [0, 0.05) is 36.9 Å². The molecule has 0 bridgehead atoms. The van der Waals surface area contributed by atoms with Crippen molar-refractivity contribution in [1.29, 1.82) is 0 Å². The van der Waals surface area contributed by atoms with Gasteiger partial charge < -0.3 is 9.67 Å². The van der Waals surface area contributed by atoms with Crippen LogP contribution in [0.5, 0.6) is 0 Å². The zero-order chi connectivity index (χ0) is 13.7. The molecule has 2 aromatic rings. The molecule has 0 saturated carbocycles. The summed E-state index contributed by atoms with van der Waals surface area (Å²) in [5.41, 5.74) is 0.965. The predicted octanol–water partition coefficient (Wildman–Crippen LogP) is 2.13. The summed E-state index contributed by atoms with van der Waals surface area (Å²) in [7, 11) is 1.96. The van der Waals surface area contributed by atoms with E-state index in [1.54, 1.807) is 24.2 Å². The third-order valence-electron chi connectivity index (χ3n) is 2.83. The first kappa shape index (κ1) is 14.0. The quantitative estimate of drug-likeness (QED) is 0.820. The molecule has 0 aliphatic carbocycles. The Morgan fingerprint density at radius 2 is 2.26 bits per heavy atom. The van der Waals surface area contributed by atoms with Crippen molar-refractivity contribution in [1.82, 2.24) is 19.7 Å². The molecular weight excluding hydrogens is 260 g/mol. The summed E-state index contributed by atoms with van der Waals surface area (Å²) >= 11 is 1.68. The van der Waals surface area contributed by atoms with Crippen LogP contribution in [-0.4, -0.2) is 36.7 Å². The Hall–Kier alpha value is -1.40. The topological polar surface area (TPSA) is 63.8 Å². The molecule has 2 rings (SSSR count). The van der Waals surface area contributed by atoms with Crippen LogP contribution >= 0.6 is 11.8 Å². The Labute approximate surface area is 117 Å². The summed E-state index contributed by atoms with van der Waals surface area (Å²) in [6.07, 6.45) is 5.32. The van der Waals surface area contributed by atoms with Crippen LogP contribution in [0.2, 0.25) is 0 Å². The zero-order valence-electron chi connectivity index (χ0n) is 11.2. The van der Waals surface area contributed by atoms with E-state index in [1.807, 2.05) is 23.7 Å². The van der Waals surface area contributed by atoms with E-state index in [9.17, 15) is 0 Å². The van der Waals surface area contributed by atoms with Gasteiger partial charge in [-0.1, -0.05) is 18.7 Å². The maximum Gasteiger partial charge on any atom is 0.191 e. The van der Waals surface area contributed by atoms with Crippen LogP contribution < -0.4 is 0 Å². The van der Waals surface area contributed by atoms with E-state index in [1.165, 1.54) is 0 Å². The van der Waals surface area contributed by atoms with E-state index in [0.717, 1.165) is 29.4 Å². The summed E-state index contributed by atoms with van der Waals surface area (Å²) in [5.74, 6) is 0.824. The van der Waals surface area contributed by atoms with E-state index in [2.05, 4.69) is 22.1 Å². The summed E-state index contributed by atoms with van der Waals surface area (Å²) in [6, 6.07) is 3.86. The van der Waals surface area contributed by atoms with Gasteiger partial charge in [-0.2, -0.15) is 0 Å². The van der Waals surface area contributed by atoms with Crippen LogP contribution in [0.3, 0.4) is 0 Å². The maximum atomic E-state index is 8.84. The number of thioether (sulfide) groups is 1. The Morgan fingerprint density at radius 1 is 1.42 bits per heavy atom. The van der Waals surface area contributed by atoms with Crippen molar-refractivity contribution < 1.29 is 5.11 Å². The van der Waals surface area contributed by atoms with Gasteiger partial charge in [0.25, 0.3) is 0 Å². The van der Waals surface area contributed by atoms with Crippen molar-refractivity contribution in [2.24, 2.45) is 7.05 Å². The van der Waals surface area contributed by atoms with E-state index >= 15 is 0 Å². The van der Waals surface area contributed by atoms with Crippen LogP contribution in [0.1, 0.15) is 19.8 Å². The number of nitrogens with zero attached hydrogens (tertiary/aromatic N) is 4. The molecule has 0 spiro atoms. The van der Waals surface area contributed by atoms with Gasteiger partial charge >= 0.3 is 0 Å². The summed E-state index contributed by atoms with van der Waals surface area (Å²) in [6.45, 7) is 2.38. The molecule has 102 valence electrons. The molecule has 5 nitrogen and oxygen atoms in total. The maximum absolute atomic E-state index is 8.84. The van der Waals surface area contributed by atoms with E-state index in [-0.39, 0.29) is 6.61 Å². The summed E-state index contributed by atoms with van der Waals surface area (Å²) in [5, 5.41) is 18.6. The first-order chi connectivity index (χ1) is 9.22. The van der Waals surface area contributed by atoms with Gasteiger partial charge in [-0.15, -0.1) is 10.2 Å². The molecular formula is C13H18N4OS. The second kappa shape index (κ2) is 6.68. The Bertz CT molecular complexity index is 515. The predicted molar refractivity (Wildman–Crippen MR) is 75.9 cm³/mol. The average Bonchev–Trinajstić information content (AvgIpc) is 2.79. The van der Waals surface area contributed by atoms with E-state index in [0.29, 0.717) is 5.25 Å². The molecule has 0 amide bonds. The van der Waals surface area contributed by atoms with Crippen LogP contribution in [0.15, 0.2) is 29.7 Å². The highest BCUT2D eigenvalue weighted by molar-refractivity contribution is 7.99. The average molecular weight is 278 g/mol. The number of aliphatic hydroxyl groups excluding tert-OH is 1. The second-order valence-corrected chi connectivity index (χ2v) is 5.81. The minimum atomic E-state index is 0.241. The first-order valence-corrected chi connectivity index (χ1v) is 7.17. The molecule has 0 aliphatic heterocycles. The summed E-state index contributed by atoms with van der Waals surface area (Å²) in [4.78, 5) is 4.10. The van der Waals surface area contributed by atoms with Gasteiger partial charge in [-0.3, -0.25) is 4.98 Å². The fourth-order valence-electron chi connectivity index (χ4n) is 1.78. The van der Waals surface area contributed by atoms with Gasteiger partial charge in [0.05, 0.1) is 0 Å². The van der Waals surface area contributed by atoms with Crippen molar-refractivity contribution in [2.75, 3.05) is 6.61 Å². The van der Waals surface area contributed by atoms with Gasteiger partial charge in [0.15, 0.2) is 11.0 Å². The lowest BCUT2D eigenvalue weighted by Gasteiger charge is -2.09. The lowest BCUT2D eigenvalue weighted by molar-refractivity contribution is 0.284. The molecule has 0 saturated heterocycles. The highest BCUT2D eigenvalue weighted by Gasteiger charge is 2.13. The van der Waals surface area contributed by atoms with E-state index < -0.39 is 0 Å². The third-order valence-corrected chi connectivity index (χ3v) is 4.03. The molecule has 0 fully saturated rings. The minimum Gasteiger partial charge on any atom is -0.396 e. The number of hydrogen-bond donors (Lipinski definition) is 1. The molecule has 1 atom stereocenters. The van der Waals surface area contributed by atoms with Crippen molar-refractivity contribution in [3.8, 4) is 11.4 Å². The summed E-state index contributed by atoms with van der Waals surface area (Å²) < 4.78 is 1.98. The highest BCUT2D eigenvalue weighted by atomic mass is 32.2. The van der Waals surface area contributed by atoms with E-state index in [4.69, 9.17) is 5.11 Å². The Kier molecular flexibility index (Phi) is 4.93. The molecule has 1 unspecified atom stereocenters. The monoisotopic (exact) mass is 278 g/mol. The molecule has 19 heavy (non-hydrogen) atoms. The molecule has 0 aliphatic rings. The fraction of sp³-hybridized carbons (Fsp3) is 0.462. The number of aliphatic hydroxyl groups is 1. The molecule has 1 N–H and O–H groups in total. The van der Waals surface area contributed by atoms with Gasteiger partial charge in [0.1, 0.15) is 0 Å². The second-order valence-electron chi connectivity index (χ2n) is 4.40. The minimum absolute atomic E-state index is 0.241. The van der Waals surface area contributed by atoms with Crippen molar-refractivity contribution in [2.45, 2.75) is 30.2 Å². The fourth-order valence-corrected chi connectivity index (χ4v) is 2.76. The van der Waals surface area contributed by atoms with Crippen LogP contribution in [-0.2, 0) is 7.05 Å². The lowest BCUT2D eigenvalue weighted by Crippen LogP contribution is -2.01. The van der Waals surface area contributed by atoms with Crippen molar-refractivity contribution in [3.05, 3.63) is 24.5 Å². The molecule has 6 heteroatoms. The zero-order valence-corrected chi connectivity index (χ0v) is 12.0. The third kappa shape index (κ3) is 3.54. The van der Waals surface area contributed by atoms with Crippen LogP contribution in [0.4, 0.5) is 0 Å². The molecule has 2 aromatic heterocycles. The molecule has 0 radical (unpaired) electrons. The number of aromatic nitrogens is 4. The highest BCUT2D eigenvalue weighted by Crippen LogP contribution is 2.26.